The van der Waals surface area contributed by atoms with Crippen LogP contribution in [0.25, 0.3) is 0 Å². The zero-order valence-corrected chi connectivity index (χ0v) is 43.9. The van der Waals surface area contributed by atoms with Crippen molar-refractivity contribution in [1.29, 1.82) is 0 Å². The molecule has 72 heavy (non-hydrogen) atoms. The van der Waals surface area contributed by atoms with Gasteiger partial charge >= 0.3 is 0 Å². The zero-order chi connectivity index (χ0) is 52.4. The molecule has 1 amide bonds. The Balaban J connectivity index is 1.85. The lowest BCUT2D eigenvalue weighted by Gasteiger charge is -2.46. The molecule has 12 atom stereocenters. The summed E-state index contributed by atoms with van der Waals surface area (Å²) in [6.07, 6.45) is 41.5. The summed E-state index contributed by atoms with van der Waals surface area (Å²) in [5.41, 5.74) is 0. The summed E-state index contributed by atoms with van der Waals surface area (Å²) in [5.74, 6) is -0.277. The molecule has 14 heteroatoms. The largest absolute Gasteiger partial charge is 0.394 e. The first-order chi connectivity index (χ1) is 35.1. The standard InChI is InChI=1S/C58H97NO13/c1-3-5-7-9-11-13-15-17-19-21-22-23-24-26-28-30-32-34-36-38-40-42-50(63)59-46(47(62)41-39-37-35-33-31-29-27-25-20-18-16-14-12-10-8-6-4-2)45-69-57-55(68)53(66)56(49(44-61)71-57)72-58-54(67)52(65)51(64)48(43-60)70-58/h5,7,11,13,17,19-20,22-23,25-26,28,31,33,39,41,46-49,51-58,60-62,64-68H,3-4,6,8-10,12,14-16,18,21,24,27,29-30,32,34-38,40,42-45H2,1-2H3,(H,59,63)/b7-5-,13-11-,19-17-,23-22-,25-20+,28-26-,33-31+,41-39+. The second-order valence-electron chi connectivity index (χ2n) is 19.0. The lowest BCUT2D eigenvalue weighted by Crippen LogP contribution is -2.65. The van der Waals surface area contributed by atoms with Gasteiger partial charge in [0.05, 0.1) is 32.0 Å². The summed E-state index contributed by atoms with van der Waals surface area (Å²) in [5, 5.41) is 86.9. The molecule has 412 valence electrons. The minimum absolute atomic E-state index is 0.242. The number of carbonyl (C=O) groups excluding carboxylic acids is 1. The highest BCUT2D eigenvalue weighted by molar-refractivity contribution is 5.76. The normalized spacial score (nSPS) is 26.4. The monoisotopic (exact) mass is 1020 g/mol. The van der Waals surface area contributed by atoms with Crippen LogP contribution in [0, 0.1) is 0 Å². The molecule has 0 aromatic carbocycles. The topological polar surface area (TPSA) is 228 Å². The average Bonchev–Trinajstić information content (AvgIpc) is 3.38. The van der Waals surface area contributed by atoms with Crippen molar-refractivity contribution in [2.45, 2.75) is 242 Å². The van der Waals surface area contributed by atoms with Crippen LogP contribution in [-0.4, -0.2) is 140 Å². The number of allylic oxidation sites excluding steroid dienone is 15. The van der Waals surface area contributed by atoms with Crippen LogP contribution in [0.5, 0.6) is 0 Å². The van der Waals surface area contributed by atoms with Gasteiger partial charge in [0.25, 0.3) is 0 Å². The molecular formula is C58H97NO13. The number of aliphatic hydroxyl groups excluding tert-OH is 8. The van der Waals surface area contributed by atoms with Gasteiger partial charge in [0.2, 0.25) is 5.91 Å². The molecule has 12 unspecified atom stereocenters. The third kappa shape index (κ3) is 29.1. The number of hydrogen-bond donors (Lipinski definition) is 9. The predicted octanol–water partition coefficient (Wildman–Crippen LogP) is 8.32. The van der Waals surface area contributed by atoms with Crippen molar-refractivity contribution >= 4 is 5.91 Å². The van der Waals surface area contributed by atoms with Gasteiger partial charge in [-0.2, -0.15) is 0 Å². The van der Waals surface area contributed by atoms with Crippen LogP contribution in [0.1, 0.15) is 168 Å². The Kier molecular flexibility index (Phi) is 39.0. The third-order valence-electron chi connectivity index (χ3n) is 12.7. The van der Waals surface area contributed by atoms with Crippen molar-refractivity contribution in [3.05, 3.63) is 97.2 Å². The van der Waals surface area contributed by atoms with E-state index in [4.69, 9.17) is 18.9 Å². The summed E-state index contributed by atoms with van der Waals surface area (Å²) in [7, 11) is 0. The van der Waals surface area contributed by atoms with E-state index in [9.17, 15) is 45.6 Å². The van der Waals surface area contributed by atoms with Crippen LogP contribution < -0.4 is 5.32 Å². The second kappa shape index (κ2) is 43.2. The highest BCUT2D eigenvalue weighted by Crippen LogP contribution is 2.30. The molecule has 0 aromatic rings. The first kappa shape index (κ1) is 65.0. The van der Waals surface area contributed by atoms with Gasteiger partial charge in [-0.05, 0) is 89.9 Å². The molecule has 0 saturated carbocycles. The molecule has 2 rings (SSSR count). The number of nitrogens with one attached hydrogen (secondary N) is 1. The molecule has 0 spiro atoms. The third-order valence-corrected chi connectivity index (χ3v) is 12.7. The fraction of sp³-hybridized carbons (Fsp3) is 0.707. The summed E-state index contributed by atoms with van der Waals surface area (Å²) in [6.45, 7) is 2.61. The number of carbonyl (C=O) groups is 1. The highest BCUT2D eigenvalue weighted by Gasteiger charge is 2.51. The molecule has 9 N–H and O–H groups in total. The second-order valence-corrected chi connectivity index (χ2v) is 19.0. The van der Waals surface area contributed by atoms with Crippen molar-refractivity contribution in [2.24, 2.45) is 0 Å². The van der Waals surface area contributed by atoms with Gasteiger partial charge in [0.15, 0.2) is 12.6 Å². The van der Waals surface area contributed by atoms with E-state index in [2.05, 4.69) is 104 Å². The maximum Gasteiger partial charge on any atom is 0.220 e. The molecule has 14 nitrogen and oxygen atoms in total. The lowest BCUT2D eigenvalue weighted by molar-refractivity contribution is -0.359. The number of unbranched alkanes of at least 4 members (excludes halogenated alkanes) is 14. The van der Waals surface area contributed by atoms with Crippen LogP contribution in [-0.2, 0) is 23.7 Å². The number of amides is 1. The molecule has 0 radical (unpaired) electrons. The van der Waals surface area contributed by atoms with Crippen molar-refractivity contribution in [3.8, 4) is 0 Å². The Morgan fingerprint density at radius 2 is 0.972 bits per heavy atom. The first-order valence-corrected chi connectivity index (χ1v) is 27.5. The summed E-state index contributed by atoms with van der Waals surface area (Å²) in [6, 6.07) is -0.954. The fourth-order valence-corrected chi connectivity index (χ4v) is 8.29. The van der Waals surface area contributed by atoms with Crippen LogP contribution in [0.4, 0.5) is 0 Å². The lowest BCUT2D eigenvalue weighted by atomic mass is 9.97. The molecule has 2 heterocycles. The fourth-order valence-electron chi connectivity index (χ4n) is 8.29. The Morgan fingerprint density at radius 1 is 0.514 bits per heavy atom. The SMILES string of the molecule is CC/C=C\C/C=C\C/C=C\C/C=C\C/C=C\CCCCCCCC(=O)NC(COC1OC(CO)C(OC2OC(CO)C(O)C(O)C2O)C(O)C1O)C(O)/C=C/CC/C=C/CC/C=C/CCCCCCCCC. The Bertz CT molecular complexity index is 1570. The van der Waals surface area contributed by atoms with Crippen LogP contribution >= 0.6 is 0 Å². The Morgan fingerprint density at radius 3 is 1.53 bits per heavy atom. The van der Waals surface area contributed by atoms with E-state index >= 15 is 0 Å². The van der Waals surface area contributed by atoms with Crippen molar-refractivity contribution < 1.29 is 64.6 Å². The van der Waals surface area contributed by atoms with Gasteiger partial charge < -0.3 is 65.1 Å². The van der Waals surface area contributed by atoms with E-state index in [1.807, 2.05) is 6.08 Å². The van der Waals surface area contributed by atoms with Crippen molar-refractivity contribution in [3.63, 3.8) is 0 Å². The number of rotatable bonds is 41. The zero-order valence-electron chi connectivity index (χ0n) is 43.9. The van der Waals surface area contributed by atoms with Crippen LogP contribution in [0.3, 0.4) is 0 Å². The number of hydrogen-bond acceptors (Lipinski definition) is 13. The van der Waals surface area contributed by atoms with E-state index in [-0.39, 0.29) is 18.9 Å². The predicted molar refractivity (Wildman–Crippen MR) is 286 cm³/mol. The van der Waals surface area contributed by atoms with Crippen LogP contribution in [0.15, 0.2) is 97.2 Å². The molecule has 2 saturated heterocycles. The number of aliphatic hydroxyl groups is 8. The smallest absolute Gasteiger partial charge is 0.220 e. The van der Waals surface area contributed by atoms with E-state index in [0.717, 1.165) is 89.9 Å². The minimum atomic E-state index is -1.80. The molecule has 0 aliphatic carbocycles. The maximum absolute atomic E-state index is 13.2. The quantitative estimate of drug-likeness (QED) is 0.0208. The van der Waals surface area contributed by atoms with E-state index < -0.39 is 86.8 Å². The molecular weight excluding hydrogens is 919 g/mol. The molecule has 2 fully saturated rings. The van der Waals surface area contributed by atoms with E-state index in [1.165, 1.54) is 44.9 Å². The summed E-state index contributed by atoms with van der Waals surface area (Å²) < 4.78 is 22.7. The minimum Gasteiger partial charge on any atom is -0.394 e. The summed E-state index contributed by atoms with van der Waals surface area (Å²) in [4.78, 5) is 13.2. The Hall–Kier alpha value is -3.09. The van der Waals surface area contributed by atoms with Gasteiger partial charge in [-0.3, -0.25) is 4.79 Å². The van der Waals surface area contributed by atoms with Crippen molar-refractivity contribution in [1.82, 2.24) is 5.32 Å². The van der Waals surface area contributed by atoms with E-state index in [0.29, 0.717) is 12.8 Å². The first-order valence-electron chi connectivity index (χ1n) is 27.5. The molecule has 0 aromatic heterocycles. The Labute approximate surface area is 433 Å². The van der Waals surface area contributed by atoms with Crippen LogP contribution in [0.2, 0.25) is 0 Å². The van der Waals surface area contributed by atoms with Gasteiger partial charge in [0.1, 0.15) is 48.8 Å². The van der Waals surface area contributed by atoms with Gasteiger partial charge in [-0.25, -0.2) is 0 Å². The van der Waals surface area contributed by atoms with Gasteiger partial charge in [0, 0.05) is 6.42 Å². The average molecular weight is 1020 g/mol. The van der Waals surface area contributed by atoms with E-state index in [1.54, 1.807) is 6.08 Å². The highest BCUT2D eigenvalue weighted by atomic mass is 16.7. The number of ether oxygens (including phenoxy) is 4. The molecule has 0 bridgehead atoms. The van der Waals surface area contributed by atoms with Gasteiger partial charge in [-0.15, -0.1) is 0 Å². The maximum atomic E-state index is 13.2. The molecule has 2 aliphatic rings. The molecule has 2 aliphatic heterocycles. The summed E-state index contributed by atoms with van der Waals surface area (Å²) >= 11 is 0. The van der Waals surface area contributed by atoms with Gasteiger partial charge in [-0.1, -0.05) is 169 Å². The van der Waals surface area contributed by atoms with Crippen molar-refractivity contribution in [2.75, 3.05) is 19.8 Å².